The molecule has 1 aliphatic heterocycles. The van der Waals surface area contributed by atoms with E-state index in [4.69, 9.17) is 14.6 Å². The minimum Gasteiger partial charge on any atom is -0.427 e. The van der Waals surface area contributed by atoms with Crippen LogP contribution in [0.4, 0.5) is 4.79 Å². The van der Waals surface area contributed by atoms with E-state index in [2.05, 4.69) is 18.7 Å². The second-order valence-corrected chi connectivity index (χ2v) is 10.9. The van der Waals surface area contributed by atoms with Crippen molar-refractivity contribution in [2.75, 3.05) is 6.54 Å². The summed E-state index contributed by atoms with van der Waals surface area (Å²) < 4.78 is 5.46. The fourth-order valence-electron chi connectivity index (χ4n) is 4.66. The van der Waals surface area contributed by atoms with E-state index in [1.54, 1.807) is 20.8 Å². The molecule has 0 radical (unpaired) electrons. The maximum atomic E-state index is 13.4. The summed E-state index contributed by atoms with van der Waals surface area (Å²) in [5, 5.41) is 1.45. The normalized spacial score (nSPS) is 22.3. The maximum absolute atomic E-state index is 13.4. The van der Waals surface area contributed by atoms with Crippen LogP contribution < -0.4 is 0 Å². The number of hydrogen-bond acceptors (Lipinski definition) is 5. The van der Waals surface area contributed by atoms with Gasteiger partial charge in [0.15, 0.2) is 5.78 Å². The van der Waals surface area contributed by atoms with Gasteiger partial charge in [0.1, 0.15) is 11.6 Å². The molecule has 0 N–H and O–H groups in total. The minimum absolute atomic E-state index is 0.0501. The zero-order valence-corrected chi connectivity index (χ0v) is 21.6. The van der Waals surface area contributed by atoms with Crippen LogP contribution in [0.25, 0.3) is 0 Å². The van der Waals surface area contributed by atoms with Crippen molar-refractivity contribution >= 4 is 17.9 Å². The molecular weight excluding hydrogens is 430 g/mol. The highest BCUT2D eigenvalue weighted by atomic mass is 16.8. The van der Waals surface area contributed by atoms with Gasteiger partial charge in [-0.2, -0.15) is 5.06 Å². The quantitative estimate of drug-likeness (QED) is 0.481. The number of nitrogens with zero attached hydrogens (tertiary/aromatic N) is 3. The standard InChI is InChI=1S/C27H41N3O4/c1-19(2)17-23-24(31)18-29(22-15-11-8-12-16-22)25(28-20(3)21-13-9-7-10-14-21)30(23)34-26(32)33-27(4,5)6/h7,9-10,13-14,19-20,22-23H,8,11-12,15-18H2,1-6H3/t20?,23-/m0/s1. The molecule has 1 unspecified atom stereocenters. The first-order chi connectivity index (χ1) is 16.0. The predicted octanol–water partition coefficient (Wildman–Crippen LogP) is 5.90. The average Bonchev–Trinajstić information content (AvgIpc) is 2.77. The smallest absolute Gasteiger partial charge is 0.427 e. The molecule has 1 aromatic carbocycles. The Morgan fingerprint density at radius 1 is 1.09 bits per heavy atom. The van der Waals surface area contributed by atoms with Gasteiger partial charge in [-0.05, 0) is 58.4 Å². The van der Waals surface area contributed by atoms with Crippen molar-refractivity contribution < 1.29 is 19.2 Å². The van der Waals surface area contributed by atoms with E-state index in [0.717, 1.165) is 31.2 Å². The molecule has 1 aliphatic carbocycles. The molecule has 2 fully saturated rings. The molecule has 1 saturated heterocycles. The number of ketones is 1. The number of ether oxygens (including phenoxy) is 1. The van der Waals surface area contributed by atoms with Gasteiger partial charge < -0.3 is 14.5 Å². The number of hydroxylamine groups is 2. The molecule has 1 heterocycles. The first-order valence-corrected chi connectivity index (χ1v) is 12.7. The summed E-state index contributed by atoms with van der Waals surface area (Å²) in [7, 11) is 0. The lowest BCUT2D eigenvalue weighted by molar-refractivity contribution is -0.158. The SMILES string of the molecule is CC(C)C[C@H]1C(=O)CN(C2CCCCC2)C(=NC(C)c2ccccc2)N1OC(=O)OC(C)(C)C. The van der Waals surface area contributed by atoms with E-state index in [-0.39, 0.29) is 30.3 Å². The Bertz CT molecular complexity index is 856. The largest absolute Gasteiger partial charge is 0.534 e. The van der Waals surface area contributed by atoms with Crippen LogP contribution in [0.3, 0.4) is 0 Å². The third kappa shape index (κ3) is 6.97. The van der Waals surface area contributed by atoms with Crippen molar-refractivity contribution in [3.63, 3.8) is 0 Å². The summed E-state index contributed by atoms with van der Waals surface area (Å²) in [6.07, 6.45) is 5.21. The van der Waals surface area contributed by atoms with Gasteiger partial charge in [0.05, 0.1) is 12.6 Å². The van der Waals surface area contributed by atoms with Gasteiger partial charge >= 0.3 is 6.16 Å². The number of rotatable bonds is 6. The lowest BCUT2D eigenvalue weighted by Crippen LogP contribution is -2.63. The first-order valence-electron chi connectivity index (χ1n) is 12.7. The van der Waals surface area contributed by atoms with Crippen LogP contribution in [0, 0.1) is 5.92 Å². The van der Waals surface area contributed by atoms with Crippen molar-refractivity contribution in [1.82, 2.24) is 9.96 Å². The van der Waals surface area contributed by atoms with Gasteiger partial charge in [-0.3, -0.25) is 4.79 Å². The molecule has 34 heavy (non-hydrogen) atoms. The third-order valence-electron chi connectivity index (χ3n) is 6.30. The number of guanidine groups is 1. The molecule has 0 aromatic heterocycles. The Hall–Kier alpha value is -2.57. The topological polar surface area (TPSA) is 71.4 Å². The lowest BCUT2D eigenvalue weighted by atomic mass is 9.92. The summed E-state index contributed by atoms with van der Waals surface area (Å²) in [5.74, 6) is 0.848. The molecule has 0 amide bonds. The Kier molecular flexibility index (Phi) is 8.61. The van der Waals surface area contributed by atoms with Gasteiger partial charge in [-0.15, -0.1) is 0 Å². The Balaban J connectivity index is 2.02. The molecule has 2 atom stereocenters. The highest BCUT2D eigenvalue weighted by Crippen LogP contribution is 2.30. The molecule has 7 nitrogen and oxygen atoms in total. The third-order valence-corrected chi connectivity index (χ3v) is 6.30. The molecule has 7 heteroatoms. The number of Topliss-reactive ketones (excluding diaryl/α,β-unsaturated/α-hetero) is 1. The summed E-state index contributed by atoms with van der Waals surface area (Å²) in [5.41, 5.74) is 0.357. The van der Waals surface area contributed by atoms with Gasteiger partial charge in [0.2, 0.25) is 5.96 Å². The molecule has 0 spiro atoms. The van der Waals surface area contributed by atoms with E-state index in [0.29, 0.717) is 12.4 Å². The van der Waals surface area contributed by atoms with Gasteiger partial charge in [0, 0.05) is 6.04 Å². The van der Waals surface area contributed by atoms with Crippen molar-refractivity contribution in [3.05, 3.63) is 35.9 Å². The molecule has 1 aromatic rings. The van der Waals surface area contributed by atoms with E-state index < -0.39 is 17.8 Å². The fraction of sp³-hybridized carbons (Fsp3) is 0.667. The van der Waals surface area contributed by atoms with E-state index in [1.165, 1.54) is 11.5 Å². The van der Waals surface area contributed by atoms with E-state index in [9.17, 15) is 9.59 Å². The number of carbonyl (C=O) groups excluding carboxylic acids is 2. The Morgan fingerprint density at radius 2 is 1.74 bits per heavy atom. The molecular formula is C27H41N3O4. The van der Waals surface area contributed by atoms with Gasteiger partial charge in [-0.25, -0.2) is 9.79 Å². The number of hydrogen-bond donors (Lipinski definition) is 0. The monoisotopic (exact) mass is 471 g/mol. The van der Waals surface area contributed by atoms with Crippen LogP contribution >= 0.6 is 0 Å². The summed E-state index contributed by atoms with van der Waals surface area (Å²) in [6.45, 7) is 11.8. The van der Waals surface area contributed by atoms with Crippen LogP contribution in [0.15, 0.2) is 35.3 Å². The average molecular weight is 472 g/mol. The zero-order chi connectivity index (χ0) is 24.9. The molecule has 3 rings (SSSR count). The van der Waals surface area contributed by atoms with E-state index >= 15 is 0 Å². The summed E-state index contributed by atoms with van der Waals surface area (Å²) >= 11 is 0. The van der Waals surface area contributed by atoms with Crippen molar-refractivity contribution in [2.24, 2.45) is 10.9 Å². The summed E-state index contributed by atoms with van der Waals surface area (Å²) in [6, 6.07) is 9.49. The zero-order valence-electron chi connectivity index (χ0n) is 21.6. The van der Waals surface area contributed by atoms with Crippen molar-refractivity contribution in [2.45, 2.75) is 104 Å². The van der Waals surface area contributed by atoms with E-state index in [1.807, 2.05) is 37.3 Å². The first kappa shape index (κ1) is 26.0. The highest BCUT2D eigenvalue weighted by molar-refractivity contribution is 5.97. The van der Waals surface area contributed by atoms with Gasteiger partial charge in [0.25, 0.3) is 0 Å². The summed E-state index contributed by atoms with van der Waals surface area (Å²) in [4.78, 5) is 39.1. The second kappa shape index (κ2) is 11.2. The maximum Gasteiger partial charge on any atom is 0.534 e. The molecule has 0 bridgehead atoms. The number of benzene rings is 1. The van der Waals surface area contributed by atoms with Crippen LogP contribution in [-0.2, 0) is 14.4 Å². The second-order valence-electron chi connectivity index (χ2n) is 10.9. The van der Waals surface area contributed by atoms with Crippen molar-refractivity contribution in [1.29, 1.82) is 0 Å². The molecule has 2 aliphatic rings. The fourth-order valence-corrected chi connectivity index (χ4v) is 4.66. The van der Waals surface area contributed by atoms with Crippen LogP contribution in [-0.4, -0.2) is 52.1 Å². The van der Waals surface area contributed by atoms with Crippen LogP contribution in [0.2, 0.25) is 0 Å². The number of aliphatic imine (C=N–C) groups is 1. The molecule has 1 saturated carbocycles. The van der Waals surface area contributed by atoms with Crippen LogP contribution in [0.5, 0.6) is 0 Å². The Labute approximate surface area is 204 Å². The molecule has 188 valence electrons. The number of carbonyl (C=O) groups is 2. The van der Waals surface area contributed by atoms with Crippen molar-refractivity contribution in [3.8, 4) is 0 Å². The highest BCUT2D eigenvalue weighted by Gasteiger charge is 2.44. The van der Waals surface area contributed by atoms with Crippen LogP contribution in [0.1, 0.15) is 91.7 Å². The lowest BCUT2D eigenvalue weighted by Gasteiger charge is -2.46. The van der Waals surface area contributed by atoms with Gasteiger partial charge in [-0.1, -0.05) is 63.4 Å². The Morgan fingerprint density at radius 3 is 2.32 bits per heavy atom. The minimum atomic E-state index is -0.820. The predicted molar refractivity (Wildman–Crippen MR) is 133 cm³/mol.